The second kappa shape index (κ2) is 4.15. The van der Waals surface area contributed by atoms with E-state index in [2.05, 4.69) is 19.1 Å². The molecule has 0 atom stereocenters. The number of allylic oxidation sites excluding steroid dienone is 5. The van der Waals surface area contributed by atoms with Crippen molar-refractivity contribution in [1.29, 1.82) is 0 Å². The minimum Gasteiger partial charge on any atom is -0.423 e. The molecular weight excluding hydrogens is 175 g/mol. The Morgan fingerprint density at radius 3 is 3.14 bits per heavy atom. The van der Waals surface area contributed by atoms with Gasteiger partial charge >= 0.3 is 7.12 Å². The van der Waals surface area contributed by atoms with Gasteiger partial charge in [0.25, 0.3) is 0 Å². The van der Waals surface area contributed by atoms with Crippen molar-refractivity contribution in [3.05, 3.63) is 34.8 Å². The molecular formula is C11H15BO2. The van der Waals surface area contributed by atoms with Crippen LogP contribution in [0.25, 0.3) is 0 Å². The summed E-state index contributed by atoms with van der Waals surface area (Å²) in [7, 11) is -0.720. The lowest BCUT2D eigenvalue weighted by Crippen LogP contribution is -2.28. The number of fused-ring (bicyclic) bond motifs is 1. The molecule has 0 unspecified atom stereocenters. The Hall–Kier alpha value is -0.795. The molecule has 74 valence electrons. The van der Waals surface area contributed by atoms with Gasteiger partial charge in [0.2, 0.25) is 0 Å². The smallest absolute Gasteiger partial charge is 0.423 e. The Balaban J connectivity index is 2.28. The quantitative estimate of drug-likeness (QED) is 0.641. The van der Waals surface area contributed by atoms with Crippen LogP contribution in [0.5, 0.6) is 0 Å². The van der Waals surface area contributed by atoms with Crippen molar-refractivity contribution in [2.75, 3.05) is 6.61 Å². The first-order valence-electron chi connectivity index (χ1n) is 5.20. The Morgan fingerprint density at radius 1 is 1.50 bits per heavy atom. The molecule has 2 rings (SSSR count). The number of hydrogen-bond donors (Lipinski definition) is 1. The van der Waals surface area contributed by atoms with Crippen LogP contribution in [0.4, 0.5) is 0 Å². The van der Waals surface area contributed by atoms with Crippen molar-refractivity contribution in [3.63, 3.8) is 0 Å². The van der Waals surface area contributed by atoms with Gasteiger partial charge in [0.1, 0.15) is 0 Å². The van der Waals surface area contributed by atoms with Gasteiger partial charge in [-0.3, -0.25) is 0 Å². The van der Waals surface area contributed by atoms with E-state index < -0.39 is 7.12 Å². The highest BCUT2D eigenvalue weighted by atomic mass is 16.5. The van der Waals surface area contributed by atoms with E-state index in [1.165, 1.54) is 11.1 Å². The highest BCUT2D eigenvalue weighted by Gasteiger charge is 2.27. The predicted molar refractivity (Wildman–Crippen MR) is 57.7 cm³/mol. The van der Waals surface area contributed by atoms with Gasteiger partial charge in [-0.15, -0.1) is 0 Å². The molecule has 0 amide bonds. The molecule has 2 aliphatic rings. The van der Waals surface area contributed by atoms with E-state index in [1.807, 2.05) is 6.08 Å². The first kappa shape index (κ1) is 9.75. The molecule has 1 heterocycles. The van der Waals surface area contributed by atoms with E-state index in [0.717, 1.165) is 24.7 Å². The van der Waals surface area contributed by atoms with Gasteiger partial charge in [-0.05, 0) is 30.3 Å². The Labute approximate surface area is 85.1 Å². The molecule has 3 heteroatoms. The lowest BCUT2D eigenvalue weighted by molar-refractivity contribution is 0.259. The first-order valence-corrected chi connectivity index (χ1v) is 5.20. The van der Waals surface area contributed by atoms with E-state index in [0.29, 0.717) is 6.61 Å². The third-order valence-corrected chi connectivity index (χ3v) is 2.85. The lowest BCUT2D eigenvalue weighted by atomic mass is 9.71. The molecule has 0 spiro atoms. The summed E-state index contributed by atoms with van der Waals surface area (Å²) in [4.78, 5) is 0. The summed E-state index contributed by atoms with van der Waals surface area (Å²) in [6.07, 6.45) is 9.34. The van der Waals surface area contributed by atoms with Crippen LogP contribution in [-0.2, 0) is 4.65 Å². The molecule has 0 bridgehead atoms. The van der Waals surface area contributed by atoms with Crippen LogP contribution in [0.3, 0.4) is 0 Å². The summed E-state index contributed by atoms with van der Waals surface area (Å²) in [5.41, 5.74) is 3.61. The molecule has 0 saturated carbocycles. The minimum absolute atomic E-state index is 0.631. The zero-order valence-corrected chi connectivity index (χ0v) is 8.49. The van der Waals surface area contributed by atoms with E-state index >= 15 is 0 Å². The SMILES string of the molecule is CCC1=CC=C2B(O)OCCC2=CC1. The molecule has 2 nitrogen and oxygen atoms in total. The van der Waals surface area contributed by atoms with Crippen LogP contribution in [-0.4, -0.2) is 18.7 Å². The van der Waals surface area contributed by atoms with E-state index in [4.69, 9.17) is 4.65 Å². The summed E-state index contributed by atoms with van der Waals surface area (Å²) in [5, 5.41) is 9.63. The van der Waals surface area contributed by atoms with Gasteiger partial charge in [0, 0.05) is 6.61 Å². The third kappa shape index (κ3) is 1.84. The van der Waals surface area contributed by atoms with E-state index in [-0.39, 0.29) is 0 Å². The molecule has 1 aliphatic carbocycles. The molecule has 14 heavy (non-hydrogen) atoms. The van der Waals surface area contributed by atoms with Gasteiger partial charge < -0.3 is 9.68 Å². The maximum Gasteiger partial charge on any atom is 0.491 e. The highest BCUT2D eigenvalue weighted by molar-refractivity contribution is 6.54. The zero-order chi connectivity index (χ0) is 9.97. The minimum atomic E-state index is -0.720. The Kier molecular flexibility index (Phi) is 2.89. The lowest BCUT2D eigenvalue weighted by Gasteiger charge is -2.20. The molecule has 0 aromatic carbocycles. The highest BCUT2D eigenvalue weighted by Crippen LogP contribution is 2.27. The standard InChI is InChI=1S/C11H15BO2/c1-2-9-3-5-10-7-8-14-12(13)11(10)6-4-9/h4-6,13H,2-3,7-8H2,1H3. The average Bonchev–Trinajstić information content (AvgIpc) is 2.41. The number of rotatable bonds is 1. The fourth-order valence-electron chi connectivity index (χ4n) is 1.87. The molecule has 1 N–H and O–H groups in total. The summed E-state index contributed by atoms with van der Waals surface area (Å²) >= 11 is 0. The van der Waals surface area contributed by atoms with Gasteiger partial charge in [-0.25, -0.2) is 0 Å². The largest absolute Gasteiger partial charge is 0.491 e. The molecule has 0 aromatic rings. The van der Waals surface area contributed by atoms with Crippen LogP contribution in [0.2, 0.25) is 0 Å². The maximum absolute atomic E-state index is 9.63. The fraction of sp³-hybridized carbons (Fsp3) is 0.455. The van der Waals surface area contributed by atoms with Crippen molar-refractivity contribution in [1.82, 2.24) is 0 Å². The van der Waals surface area contributed by atoms with Crippen LogP contribution in [0.1, 0.15) is 26.2 Å². The second-order valence-electron chi connectivity index (χ2n) is 3.71. The number of hydrogen-bond acceptors (Lipinski definition) is 2. The third-order valence-electron chi connectivity index (χ3n) is 2.85. The Bertz CT molecular complexity index is 315. The summed E-state index contributed by atoms with van der Waals surface area (Å²) in [6, 6.07) is 0. The van der Waals surface area contributed by atoms with Crippen molar-refractivity contribution in [2.24, 2.45) is 0 Å². The van der Waals surface area contributed by atoms with Gasteiger partial charge in [-0.2, -0.15) is 0 Å². The summed E-state index contributed by atoms with van der Waals surface area (Å²) in [5.74, 6) is 0. The van der Waals surface area contributed by atoms with Gasteiger partial charge in [-0.1, -0.05) is 30.7 Å². The van der Waals surface area contributed by atoms with E-state index in [9.17, 15) is 5.02 Å². The van der Waals surface area contributed by atoms with Crippen molar-refractivity contribution in [3.8, 4) is 0 Å². The van der Waals surface area contributed by atoms with E-state index in [1.54, 1.807) is 0 Å². The van der Waals surface area contributed by atoms with Gasteiger partial charge in [0.15, 0.2) is 0 Å². The maximum atomic E-state index is 9.63. The molecule has 1 aliphatic heterocycles. The van der Waals surface area contributed by atoms with Crippen molar-refractivity contribution >= 4 is 7.12 Å². The Morgan fingerprint density at radius 2 is 2.36 bits per heavy atom. The average molecular weight is 190 g/mol. The first-order chi connectivity index (χ1) is 6.81. The topological polar surface area (TPSA) is 29.5 Å². The molecule has 1 fully saturated rings. The molecule has 0 radical (unpaired) electrons. The van der Waals surface area contributed by atoms with Crippen LogP contribution < -0.4 is 0 Å². The predicted octanol–water partition coefficient (Wildman–Crippen LogP) is 2.02. The van der Waals surface area contributed by atoms with Crippen molar-refractivity contribution < 1.29 is 9.68 Å². The molecule has 0 aromatic heterocycles. The van der Waals surface area contributed by atoms with Crippen LogP contribution in [0.15, 0.2) is 34.8 Å². The van der Waals surface area contributed by atoms with Gasteiger partial charge in [0.05, 0.1) is 0 Å². The van der Waals surface area contributed by atoms with Crippen LogP contribution >= 0.6 is 0 Å². The summed E-state index contributed by atoms with van der Waals surface area (Å²) in [6.45, 7) is 2.79. The van der Waals surface area contributed by atoms with Crippen LogP contribution in [0, 0.1) is 0 Å². The fourth-order valence-corrected chi connectivity index (χ4v) is 1.87. The normalized spacial score (nSPS) is 21.9. The van der Waals surface area contributed by atoms with Crippen molar-refractivity contribution in [2.45, 2.75) is 26.2 Å². The summed E-state index contributed by atoms with van der Waals surface area (Å²) < 4.78 is 5.19. The monoisotopic (exact) mass is 190 g/mol. The molecule has 1 saturated heterocycles. The second-order valence-corrected chi connectivity index (χ2v) is 3.71. The zero-order valence-electron chi connectivity index (χ0n) is 8.49.